The maximum Gasteiger partial charge on any atom is 0.336 e. The molecule has 13 heteroatoms. The van der Waals surface area contributed by atoms with Crippen LogP contribution < -0.4 is 10.4 Å². The SMILES string of the molecule is CC(=O)OC[C@H]1O[C@H](Oc2c3occ(C)c3cc3c(C)cc(=O)oc23)[C@H](OC(C)=O)[C@@H](OC(C)=O)[C@@H]1OC(C)=O. The molecule has 0 bridgehead atoms. The van der Waals surface area contributed by atoms with E-state index in [1.807, 2.05) is 6.92 Å². The first-order chi connectivity index (χ1) is 18.8. The number of carbonyl (C=O) groups excluding carboxylic acids is 4. The molecule has 0 radical (unpaired) electrons. The van der Waals surface area contributed by atoms with E-state index in [1.54, 1.807) is 13.0 Å². The average molecular weight is 561 g/mol. The van der Waals surface area contributed by atoms with Crippen molar-refractivity contribution < 1.29 is 56.4 Å². The minimum absolute atomic E-state index is 0.0275. The lowest BCUT2D eigenvalue weighted by molar-refractivity contribution is -0.288. The Morgan fingerprint density at radius 1 is 0.775 bits per heavy atom. The number of aryl methyl sites for hydroxylation is 2. The van der Waals surface area contributed by atoms with Gasteiger partial charge >= 0.3 is 29.5 Å². The van der Waals surface area contributed by atoms with Crippen LogP contribution in [0.2, 0.25) is 0 Å². The molecule has 3 heterocycles. The Bertz CT molecular complexity index is 1530. The number of hydrogen-bond acceptors (Lipinski definition) is 13. The Morgan fingerprint density at radius 2 is 1.38 bits per heavy atom. The Hall–Kier alpha value is -4.39. The molecule has 1 aromatic carbocycles. The van der Waals surface area contributed by atoms with Crippen molar-refractivity contribution in [3.63, 3.8) is 0 Å². The van der Waals surface area contributed by atoms with Crippen LogP contribution in [0.1, 0.15) is 38.8 Å². The van der Waals surface area contributed by atoms with Gasteiger partial charge in [0, 0.05) is 44.5 Å². The van der Waals surface area contributed by atoms with Crippen LogP contribution in [0, 0.1) is 13.8 Å². The zero-order chi connectivity index (χ0) is 29.3. The monoisotopic (exact) mass is 560 g/mol. The molecule has 0 saturated carbocycles. The molecular formula is C27H28O13. The zero-order valence-corrected chi connectivity index (χ0v) is 22.6. The van der Waals surface area contributed by atoms with Crippen LogP contribution in [0.5, 0.6) is 5.75 Å². The van der Waals surface area contributed by atoms with Gasteiger partial charge in [-0.05, 0) is 31.0 Å². The first-order valence-corrected chi connectivity index (χ1v) is 12.3. The van der Waals surface area contributed by atoms with Crippen LogP contribution in [-0.2, 0) is 42.9 Å². The van der Waals surface area contributed by atoms with E-state index >= 15 is 0 Å². The summed E-state index contributed by atoms with van der Waals surface area (Å²) < 4.78 is 44.9. The van der Waals surface area contributed by atoms with Crippen LogP contribution in [0.3, 0.4) is 0 Å². The van der Waals surface area contributed by atoms with Gasteiger partial charge < -0.3 is 37.3 Å². The quantitative estimate of drug-likeness (QED) is 0.235. The fraction of sp³-hybridized carbons (Fsp3) is 0.444. The van der Waals surface area contributed by atoms with Crippen molar-refractivity contribution in [2.24, 2.45) is 0 Å². The fourth-order valence-electron chi connectivity index (χ4n) is 4.53. The molecule has 214 valence electrons. The molecule has 4 rings (SSSR count). The van der Waals surface area contributed by atoms with Crippen molar-refractivity contribution in [1.29, 1.82) is 0 Å². The maximum absolute atomic E-state index is 12.3. The molecule has 0 spiro atoms. The van der Waals surface area contributed by atoms with Crippen molar-refractivity contribution in [3.8, 4) is 5.75 Å². The number of carbonyl (C=O) groups is 4. The number of ether oxygens (including phenoxy) is 6. The summed E-state index contributed by atoms with van der Waals surface area (Å²) in [6.45, 7) is 7.60. The second-order valence-corrected chi connectivity index (χ2v) is 9.31. The van der Waals surface area contributed by atoms with E-state index in [4.69, 9.17) is 37.3 Å². The number of fused-ring (bicyclic) bond motifs is 2. The van der Waals surface area contributed by atoms with E-state index in [9.17, 15) is 24.0 Å². The van der Waals surface area contributed by atoms with Crippen LogP contribution >= 0.6 is 0 Å². The van der Waals surface area contributed by atoms with E-state index in [0.717, 1.165) is 26.3 Å². The summed E-state index contributed by atoms with van der Waals surface area (Å²) in [7, 11) is 0. The summed E-state index contributed by atoms with van der Waals surface area (Å²) in [4.78, 5) is 60.1. The molecule has 3 aromatic rings. The molecule has 1 aliphatic rings. The van der Waals surface area contributed by atoms with Gasteiger partial charge in [0.1, 0.15) is 12.7 Å². The van der Waals surface area contributed by atoms with E-state index in [1.165, 1.54) is 19.3 Å². The number of esters is 4. The summed E-state index contributed by atoms with van der Waals surface area (Å²) in [5.41, 5.74) is 0.930. The van der Waals surface area contributed by atoms with Gasteiger partial charge in [-0.25, -0.2) is 4.79 Å². The topological polar surface area (TPSA) is 167 Å². The molecule has 40 heavy (non-hydrogen) atoms. The van der Waals surface area contributed by atoms with Gasteiger partial charge in [0.2, 0.25) is 18.1 Å². The van der Waals surface area contributed by atoms with Crippen LogP contribution in [0.4, 0.5) is 0 Å². The molecule has 1 fully saturated rings. The summed E-state index contributed by atoms with van der Waals surface area (Å²) in [6.07, 6.45) is -5.59. The number of rotatable bonds is 7. The summed E-state index contributed by atoms with van der Waals surface area (Å²) in [5, 5.41) is 1.18. The van der Waals surface area contributed by atoms with E-state index in [0.29, 0.717) is 16.3 Å². The van der Waals surface area contributed by atoms with Crippen molar-refractivity contribution in [1.82, 2.24) is 0 Å². The van der Waals surface area contributed by atoms with E-state index in [2.05, 4.69) is 0 Å². The number of benzene rings is 1. The van der Waals surface area contributed by atoms with Gasteiger partial charge in [-0.1, -0.05) is 0 Å². The molecule has 2 aromatic heterocycles. The molecule has 0 N–H and O–H groups in total. The largest absolute Gasteiger partial charge is 0.463 e. The van der Waals surface area contributed by atoms with Gasteiger partial charge in [0.05, 0.1) is 6.26 Å². The lowest BCUT2D eigenvalue weighted by atomic mass is 9.98. The van der Waals surface area contributed by atoms with Gasteiger partial charge in [-0.2, -0.15) is 0 Å². The van der Waals surface area contributed by atoms with Gasteiger partial charge in [0.25, 0.3) is 0 Å². The molecule has 13 nitrogen and oxygen atoms in total. The standard InChI is InChI=1S/C27H28O13/c1-11-7-20(32)39-22-17(11)8-18-12(2)9-34-21(18)24(22)40-27-26(37-16(6)31)25(36-15(5)30)23(35-14(4)29)19(38-27)10-33-13(3)28/h7-9,19,23,25-27H,10H2,1-6H3/t19-,23-,25+,26-,27-/m1/s1. The Balaban J connectivity index is 1.89. The molecule has 1 saturated heterocycles. The average Bonchev–Trinajstić information content (AvgIpc) is 3.21. The highest BCUT2D eigenvalue weighted by Gasteiger charge is 2.53. The smallest absolute Gasteiger partial charge is 0.336 e. The van der Waals surface area contributed by atoms with Crippen molar-refractivity contribution in [2.75, 3.05) is 6.61 Å². The summed E-state index contributed by atoms with van der Waals surface area (Å²) in [6, 6.07) is 3.10. The van der Waals surface area contributed by atoms with Crippen molar-refractivity contribution >= 4 is 45.8 Å². The maximum atomic E-state index is 12.3. The third kappa shape index (κ3) is 5.93. The fourth-order valence-corrected chi connectivity index (χ4v) is 4.53. The second-order valence-electron chi connectivity index (χ2n) is 9.31. The molecular weight excluding hydrogens is 532 g/mol. The zero-order valence-electron chi connectivity index (χ0n) is 22.6. The van der Waals surface area contributed by atoms with E-state index in [-0.39, 0.29) is 16.9 Å². The first-order valence-electron chi connectivity index (χ1n) is 12.3. The van der Waals surface area contributed by atoms with E-state index < -0.39 is 66.8 Å². The van der Waals surface area contributed by atoms with Crippen molar-refractivity contribution in [3.05, 3.63) is 39.9 Å². The Morgan fingerprint density at radius 3 is 2.00 bits per heavy atom. The number of hydrogen-bond donors (Lipinski definition) is 0. The minimum Gasteiger partial charge on any atom is -0.463 e. The lowest BCUT2D eigenvalue weighted by Gasteiger charge is -2.43. The number of furan rings is 1. The van der Waals surface area contributed by atoms with Gasteiger partial charge in [0.15, 0.2) is 23.4 Å². The molecule has 1 aliphatic heterocycles. The van der Waals surface area contributed by atoms with Crippen molar-refractivity contribution in [2.45, 2.75) is 72.2 Å². The molecule has 0 unspecified atom stereocenters. The highest BCUT2D eigenvalue weighted by molar-refractivity contribution is 6.02. The van der Waals surface area contributed by atoms with Gasteiger partial charge in [-0.15, -0.1) is 0 Å². The van der Waals surface area contributed by atoms with Crippen LogP contribution in [-0.4, -0.2) is 61.2 Å². The Kier molecular flexibility index (Phi) is 8.14. The normalized spacial score (nSPS) is 22.5. The first kappa shape index (κ1) is 28.6. The summed E-state index contributed by atoms with van der Waals surface area (Å²) in [5.74, 6) is -3.06. The third-order valence-electron chi connectivity index (χ3n) is 6.11. The van der Waals surface area contributed by atoms with Crippen LogP contribution in [0.15, 0.2) is 32.0 Å². The Labute approximate surface area is 227 Å². The highest BCUT2D eigenvalue weighted by atomic mass is 16.7. The third-order valence-corrected chi connectivity index (χ3v) is 6.11. The molecule has 0 amide bonds. The van der Waals surface area contributed by atoms with Gasteiger partial charge in [-0.3, -0.25) is 19.2 Å². The second kappa shape index (κ2) is 11.4. The predicted octanol–water partition coefficient (Wildman–Crippen LogP) is 2.62. The minimum atomic E-state index is -1.55. The molecule has 0 aliphatic carbocycles. The lowest BCUT2D eigenvalue weighted by Crippen LogP contribution is -2.63. The highest BCUT2D eigenvalue weighted by Crippen LogP contribution is 2.40. The summed E-state index contributed by atoms with van der Waals surface area (Å²) >= 11 is 0. The molecule has 5 atom stereocenters. The van der Waals surface area contributed by atoms with Crippen LogP contribution in [0.25, 0.3) is 21.9 Å². The predicted molar refractivity (Wildman–Crippen MR) is 134 cm³/mol.